The van der Waals surface area contributed by atoms with Crippen molar-refractivity contribution in [2.45, 2.75) is 9.79 Å². The average Bonchev–Trinajstić information content (AvgIpc) is 3.01. The Kier molecular flexibility index (Phi) is 13.5. The van der Waals surface area contributed by atoms with Crippen molar-refractivity contribution < 1.29 is 94.6 Å². The van der Waals surface area contributed by atoms with E-state index in [4.69, 9.17) is 23.2 Å². The number of Topliss-reactive ketones (excluding diaryl/α,β-unsaturated/α-hetero) is 2. The third kappa shape index (κ3) is 9.29. The van der Waals surface area contributed by atoms with Crippen molar-refractivity contribution >= 4 is 89.1 Å². The maximum absolute atomic E-state index is 13.2. The maximum atomic E-state index is 13.2. The van der Waals surface area contributed by atoms with Gasteiger partial charge in [-0.15, -0.1) is 0 Å². The molecule has 0 fully saturated rings. The Bertz CT molecular complexity index is 2010. The van der Waals surface area contributed by atoms with Crippen molar-refractivity contribution in [3.63, 3.8) is 0 Å². The van der Waals surface area contributed by atoms with Gasteiger partial charge in [-0.2, -0.15) is 0 Å². The first kappa shape index (κ1) is 39.7. The van der Waals surface area contributed by atoms with Crippen LogP contribution < -0.4 is 80.4 Å². The molecule has 0 saturated heterocycles. The van der Waals surface area contributed by atoms with Crippen LogP contribution in [0.5, 0.6) is 0 Å². The fourth-order valence-corrected chi connectivity index (χ4v) is 6.11. The van der Waals surface area contributed by atoms with E-state index in [0.29, 0.717) is 11.4 Å². The van der Waals surface area contributed by atoms with Gasteiger partial charge in [-0.3, -0.25) is 9.59 Å². The second kappa shape index (κ2) is 16.3. The summed E-state index contributed by atoms with van der Waals surface area (Å²) in [7, 11) is -10.0. The topological polar surface area (TPSA) is 197 Å². The number of ketones is 2. The largest absolute Gasteiger partial charge is 1.00 e. The van der Waals surface area contributed by atoms with Crippen molar-refractivity contribution in [2.75, 3.05) is 21.3 Å². The average molecular weight is 746 g/mol. The summed E-state index contributed by atoms with van der Waals surface area (Å²) in [5, 5.41) is 9.50. The Morgan fingerprint density at radius 1 is 0.479 bits per heavy atom. The summed E-state index contributed by atoms with van der Waals surface area (Å²) in [5.41, 5.74) is -0.226. The quantitative estimate of drug-likeness (QED) is 0.0931. The summed E-state index contributed by atoms with van der Waals surface area (Å²) in [4.78, 5) is 25.2. The number of benzene rings is 4. The maximum Gasteiger partial charge on any atom is 1.00 e. The second-order valence-electron chi connectivity index (χ2n) is 9.60. The van der Waals surface area contributed by atoms with Crippen LogP contribution in [0.1, 0.15) is 0 Å². The molecule has 0 heterocycles. The van der Waals surface area contributed by atoms with Crippen LogP contribution in [0.3, 0.4) is 0 Å². The number of para-hydroxylation sites is 2. The van der Waals surface area contributed by atoms with Gasteiger partial charge in [0.2, 0.25) is 11.6 Å². The molecular weight excluding hydrogens is 725 g/mol. The Labute approximate surface area is 330 Å². The summed E-state index contributed by atoms with van der Waals surface area (Å²) >= 11 is 12.5. The number of anilines is 6. The van der Waals surface area contributed by atoms with Crippen LogP contribution in [-0.2, 0) is 29.8 Å². The number of carbonyl (C=O) groups excluding carboxylic acids is 2. The van der Waals surface area contributed by atoms with Crippen LogP contribution in [0, 0.1) is 0 Å². The van der Waals surface area contributed by atoms with E-state index in [9.17, 15) is 35.5 Å². The molecule has 4 N–H and O–H groups in total. The minimum Gasteiger partial charge on any atom is -0.744 e. The zero-order valence-electron chi connectivity index (χ0n) is 25.1. The first-order valence-electron chi connectivity index (χ1n) is 13.0. The number of nitrogens with one attached hydrogen (secondary N) is 4. The summed E-state index contributed by atoms with van der Waals surface area (Å²) in [6.45, 7) is 0. The standard InChI is InChI=1S/C30H22Cl2N4O8S2.2Na/c31-25-27(35-19-11-13-21(23(15-19)45(39,40)41)33-17-7-3-1-4-8-17)29(37)26(32)28(30(25)38)36-20-12-14-22(24(16-20)46(42,43)44)34-18-9-5-2-6-10-18;;/h1-16,33-36H,(H,39,40,41)(H,42,43,44);;/q;2*+1/p-2. The van der Waals surface area contributed by atoms with Crippen molar-refractivity contribution in [3.8, 4) is 0 Å². The summed E-state index contributed by atoms with van der Waals surface area (Å²) in [5.74, 6) is -1.96. The van der Waals surface area contributed by atoms with Crippen molar-refractivity contribution in [1.82, 2.24) is 0 Å². The minimum atomic E-state index is -5.01. The molecule has 236 valence electrons. The van der Waals surface area contributed by atoms with Gasteiger partial charge < -0.3 is 30.4 Å². The zero-order valence-corrected chi connectivity index (χ0v) is 32.2. The number of hydrogen-bond acceptors (Lipinski definition) is 12. The van der Waals surface area contributed by atoms with Gasteiger partial charge in [-0.05, 0) is 60.7 Å². The fourth-order valence-electron chi connectivity index (χ4n) is 4.33. The molecule has 48 heavy (non-hydrogen) atoms. The third-order valence-corrected chi connectivity index (χ3v) is 8.91. The molecule has 4 aromatic carbocycles. The van der Waals surface area contributed by atoms with E-state index in [0.717, 1.165) is 12.1 Å². The normalized spacial score (nSPS) is 13.3. The van der Waals surface area contributed by atoms with Gasteiger partial charge >= 0.3 is 59.1 Å². The molecule has 0 bridgehead atoms. The summed E-state index contributed by atoms with van der Waals surface area (Å²) in [6, 6.07) is 24.1. The molecule has 12 nitrogen and oxygen atoms in total. The molecule has 0 atom stereocenters. The summed E-state index contributed by atoms with van der Waals surface area (Å²) in [6.07, 6.45) is 0. The SMILES string of the molecule is O=C1C(Cl)=C(Nc2ccc(Nc3ccccc3)c(S(=O)(=O)[O-])c2)C(=O)C(Cl)=C1Nc1ccc(Nc2ccccc2)c(S(=O)(=O)[O-])c1.[Na+].[Na+]. The third-order valence-electron chi connectivity index (χ3n) is 6.44. The van der Waals surface area contributed by atoms with Gasteiger partial charge in [0.15, 0.2) is 0 Å². The van der Waals surface area contributed by atoms with Crippen molar-refractivity contribution in [1.29, 1.82) is 0 Å². The molecule has 5 rings (SSSR count). The Morgan fingerprint density at radius 3 is 1.12 bits per heavy atom. The number of rotatable bonds is 10. The summed E-state index contributed by atoms with van der Waals surface area (Å²) < 4.78 is 72.3. The van der Waals surface area contributed by atoms with Crippen LogP contribution >= 0.6 is 23.2 Å². The molecule has 0 amide bonds. The molecule has 1 aliphatic carbocycles. The molecule has 0 saturated carbocycles. The number of allylic oxidation sites excluding steroid dienone is 2. The molecule has 0 spiro atoms. The van der Waals surface area contributed by atoms with Gasteiger partial charge in [0.1, 0.15) is 41.7 Å². The Hall–Kier alpha value is -2.70. The van der Waals surface area contributed by atoms with E-state index in [1.54, 1.807) is 60.7 Å². The Balaban J connectivity index is 0.00000312. The van der Waals surface area contributed by atoms with E-state index < -0.39 is 63.1 Å². The van der Waals surface area contributed by atoms with Gasteiger partial charge in [0.05, 0.1) is 21.2 Å². The van der Waals surface area contributed by atoms with Crippen molar-refractivity contribution in [2.24, 2.45) is 0 Å². The van der Waals surface area contributed by atoms with E-state index in [-0.39, 0.29) is 81.9 Å². The first-order chi connectivity index (χ1) is 21.7. The van der Waals surface area contributed by atoms with Gasteiger partial charge in [0.25, 0.3) is 0 Å². The minimum absolute atomic E-state index is 0. The smallest absolute Gasteiger partial charge is 0.744 e. The zero-order chi connectivity index (χ0) is 33.2. The molecular formula is C30H20Cl2N4Na2O8S2. The van der Waals surface area contributed by atoms with E-state index >= 15 is 0 Å². The molecule has 0 unspecified atom stereocenters. The molecule has 0 aromatic heterocycles. The number of carbonyl (C=O) groups is 2. The van der Waals surface area contributed by atoms with Crippen LogP contribution in [0.2, 0.25) is 0 Å². The van der Waals surface area contributed by atoms with Crippen LogP contribution in [0.4, 0.5) is 34.1 Å². The van der Waals surface area contributed by atoms with Crippen LogP contribution in [0.15, 0.2) is 128 Å². The number of hydrogen-bond donors (Lipinski definition) is 4. The predicted molar refractivity (Wildman–Crippen MR) is 171 cm³/mol. The molecule has 1 aliphatic rings. The molecule has 0 aliphatic heterocycles. The van der Waals surface area contributed by atoms with E-state index in [2.05, 4.69) is 21.3 Å². The number of halogens is 2. The van der Waals surface area contributed by atoms with Gasteiger partial charge in [0, 0.05) is 22.7 Å². The van der Waals surface area contributed by atoms with Gasteiger partial charge in [-0.25, -0.2) is 16.8 Å². The van der Waals surface area contributed by atoms with Crippen molar-refractivity contribution in [3.05, 3.63) is 119 Å². The molecule has 4 aromatic rings. The monoisotopic (exact) mass is 744 g/mol. The van der Waals surface area contributed by atoms with Gasteiger partial charge in [-0.1, -0.05) is 59.6 Å². The van der Waals surface area contributed by atoms with E-state index in [1.807, 2.05) is 0 Å². The van der Waals surface area contributed by atoms with Crippen LogP contribution in [0.25, 0.3) is 0 Å². The molecule has 18 heteroatoms. The molecule has 0 radical (unpaired) electrons. The first-order valence-corrected chi connectivity index (χ1v) is 16.6. The fraction of sp³-hybridized carbons (Fsp3) is 0. The Morgan fingerprint density at radius 2 is 0.812 bits per heavy atom. The second-order valence-corrected chi connectivity index (χ2v) is 13.1. The predicted octanol–water partition coefficient (Wildman–Crippen LogP) is -0.433. The van der Waals surface area contributed by atoms with Crippen LogP contribution in [-0.4, -0.2) is 37.5 Å². The van der Waals surface area contributed by atoms with E-state index in [1.165, 1.54) is 24.3 Å².